The number of aliphatic hydroxyl groups is 2. The number of amides is 1. The highest BCUT2D eigenvalue weighted by Crippen LogP contribution is 2.44. The van der Waals surface area contributed by atoms with E-state index >= 15 is 0 Å². The molecule has 1 heterocycles. The number of rotatable bonds is 8. The van der Waals surface area contributed by atoms with Gasteiger partial charge in [0.15, 0.2) is 11.5 Å². The third kappa shape index (κ3) is 4.57. The summed E-state index contributed by atoms with van der Waals surface area (Å²) in [5.41, 5.74) is 4.21. The summed E-state index contributed by atoms with van der Waals surface area (Å²) in [4.78, 5) is 28.9. The molecule has 0 saturated carbocycles. The van der Waals surface area contributed by atoms with Crippen molar-refractivity contribution >= 4 is 11.9 Å². The highest BCUT2D eigenvalue weighted by molar-refractivity contribution is 5.79. The number of hydrogen-bond acceptors (Lipinski definition) is 7. The molecule has 3 aromatic rings. The predicted molar refractivity (Wildman–Crippen MR) is 119 cm³/mol. The van der Waals surface area contributed by atoms with Gasteiger partial charge in [0.2, 0.25) is 0 Å². The Bertz CT molecular complexity index is 1130. The molecule has 10 heteroatoms. The maximum Gasteiger partial charge on any atom is 0.407 e. The quantitative estimate of drug-likeness (QED) is 0.303. The van der Waals surface area contributed by atoms with Crippen LogP contribution in [0.25, 0.3) is 11.1 Å². The lowest BCUT2D eigenvalue weighted by Gasteiger charge is -2.17. The average molecular weight is 452 g/mol. The Morgan fingerprint density at radius 3 is 2.39 bits per heavy atom. The number of carbonyl (C=O) groups excluding carboxylic acids is 1. The van der Waals surface area contributed by atoms with E-state index in [2.05, 4.69) is 15.3 Å². The second kappa shape index (κ2) is 9.39. The second-order valence-corrected chi connectivity index (χ2v) is 7.87. The number of aryl methyl sites for hydroxylation is 1. The molecule has 1 aliphatic carbocycles. The van der Waals surface area contributed by atoms with Crippen molar-refractivity contribution in [3.05, 3.63) is 81.3 Å². The lowest BCUT2D eigenvalue weighted by atomic mass is 9.98. The van der Waals surface area contributed by atoms with E-state index in [1.54, 1.807) is 0 Å². The number of fused-ring (bicyclic) bond motifs is 3. The summed E-state index contributed by atoms with van der Waals surface area (Å²) in [7, 11) is 0. The Balaban J connectivity index is 1.30. The third-order valence-corrected chi connectivity index (χ3v) is 5.71. The van der Waals surface area contributed by atoms with Crippen molar-refractivity contribution in [2.75, 3.05) is 13.2 Å². The molecule has 0 bridgehead atoms. The van der Waals surface area contributed by atoms with Gasteiger partial charge in [-0.3, -0.25) is 0 Å². The van der Waals surface area contributed by atoms with E-state index in [4.69, 9.17) is 4.74 Å². The predicted octanol–water partition coefficient (Wildman–Crippen LogP) is 2.95. The molecule has 0 fully saturated rings. The first kappa shape index (κ1) is 22.4. The molecule has 0 aliphatic heterocycles. The maximum atomic E-state index is 12.2. The molecule has 1 amide bonds. The number of aromatic nitrogens is 2. The number of aliphatic hydroxyl groups excluding tert-OH is 2. The van der Waals surface area contributed by atoms with Crippen molar-refractivity contribution < 1.29 is 24.7 Å². The Hall–Kier alpha value is -3.76. The van der Waals surface area contributed by atoms with Gasteiger partial charge in [-0.1, -0.05) is 48.5 Å². The van der Waals surface area contributed by atoms with Gasteiger partial charge in [-0.05, 0) is 33.6 Å². The zero-order valence-corrected chi connectivity index (χ0v) is 17.9. The van der Waals surface area contributed by atoms with E-state index in [0.29, 0.717) is 0 Å². The molecule has 0 spiro atoms. The first-order valence-corrected chi connectivity index (χ1v) is 10.5. The molecule has 2 aromatic carbocycles. The van der Waals surface area contributed by atoms with Crippen molar-refractivity contribution in [1.82, 2.24) is 15.3 Å². The van der Waals surface area contributed by atoms with Crippen LogP contribution in [-0.2, 0) is 4.74 Å². The Kier molecular flexibility index (Phi) is 6.38. The fraction of sp³-hybridized carbons (Fsp3) is 0.304. The summed E-state index contributed by atoms with van der Waals surface area (Å²) in [6, 6.07) is 16.0. The lowest BCUT2D eigenvalue weighted by Crippen LogP contribution is -2.31. The topological polar surface area (TPSA) is 151 Å². The fourth-order valence-electron chi connectivity index (χ4n) is 4.15. The van der Waals surface area contributed by atoms with Crippen molar-refractivity contribution in [2.45, 2.75) is 31.5 Å². The summed E-state index contributed by atoms with van der Waals surface area (Å²) in [6.45, 7) is 1.67. The van der Waals surface area contributed by atoms with Crippen LogP contribution >= 0.6 is 0 Å². The average Bonchev–Trinajstić information content (AvgIpc) is 3.35. The van der Waals surface area contributed by atoms with Crippen LogP contribution in [0.3, 0.4) is 0 Å². The second-order valence-electron chi connectivity index (χ2n) is 7.87. The number of nitro groups is 1. The minimum atomic E-state index is -1.57. The van der Waals surface area contributed by atoms with Gasteiger partial charge in [0.05, 0.1) is 6.10 Å². The van der Waals surface area contributed by atoms with Crippen LogP contribution in [0.15, 0.2) is 48.5 Å². The number of ether oxygens (including phenoxy) is 1. The van der Waals surface area contributed by atoms with E-state index in [-0.39, 0.29) is 37.0 Å². The monoisotopic (exact) mass is 452 g/mol. The number of nitrogens with one attached hydrogen (secondary N) is 2. The number of carbonyl (C=O) groups is 1. The summed E-state index contributed by atoms with van der Waals surface area (Å²) in [5.74, 6) is -0.290. The van der Waals surface area contributed by atoms with Crippen molar-refractivity contribution in [3.8, 4) is 11.1 Å². The van der Waals surface area contributed by atoms with Gasteiger partial charge < -0.3 is 30.4 Å². The smallest absolute Gasteiger partial charge is 0.407 e. The minimum Gasteiger partial charge on any atom is -0.449 e. The van der Waals surface area contributed by atoms with Gasteiger partial charge in [0, 0.05) is 19.4 Å². The number of aromatic amines is 1. The number of H-pyrrole nitrogens is 1. The summed E-state index contributed by atoms with van der Waals surface area (Å²) < 4.78 is 5.42. The molecule has 1 aliphatic rings. The standard InChI is InChI=1S/C23H24N4O6/c1-13-25-20(22(26-13)27(31)32)21(29)19(28)10-11-24-23(30)33-12-18-16-8-4-2-6-14(16)15-7-3-5-9-17(15)18/h2-9,18-19,21,28-29H,10-12H2,1H3,(H,24,30)(H,25,26). The molecule has 10 nitrogen and oxygen atoms in total. The molecule has 1 aromatic heterocycles. The fourth-order valence-corrected chi connectivity index (χ4v) is 4.15. The van der Waals surface area contributed by atoms with Crippen molar-refractivity contribution in [3.63, 3.8) is 0 Å². The Labute approximate surface area is 189 Å². The molecule has 4 N–H and O–H groups in total. The van der Waals surface area contributed by atoms with Crippen LogP contribution < -0.4 is 5.32 Å². The van der Waals surface area contributed by atoms with Crippen LogP contribution in [0, 0.1) is 17.0 Å². The van der Waals surface area contributed by atoms with Crippen molar-refractivity contribution in [2.24, 2.45) is 0 Å². The molecule has 172 valence electrons. The van der Waals surface area contributed by atoms with Gasteiger partial charge in [0.1, 0.15) is 12.7 Å². The molecular weight excluding hydrogens is 428 g/mol. The maximum absolute atomic E-state index is 12.2. The molecule has 4 rings (SSSR count). The highest BCUT2D eigenvalue weighted by Gasteiger charge is 2.31. The molecule has 0 saturated heterocycles. The van der Waals surface area contributed by atoms with Crippen LogP contribution in [-0.4, -0.2) is 50.5 Å². The minimum absolute atomic E-state index is 0.00605. The molecule has 0 radical (unpaired) electrons. The van der Waals surface area contributed by atoms with E-state index in [1.165, 1.54) is 6.92 Å². The van der Waals surface area contributed by atoms with E-state index in [0.717, 1.165) is 22.3 Å². The first-order chi connectivity index (χ1) is 15.9. The van der Waals surface area contributed by atoms with Gasteiger partial charge >= 0.3 is 11.9 Å². The summed E-state index contributed by atoms with van der Waals surface area (Å²) in [5, 5.41) is 34.1. The van der Waals surface area contributed by atoms with Gasteiger partial charge in [-0.15, -0.1) is 0 Å². The highest BCUT2D eigenvalue weighted by atomic mass is 16.6. The molecule has 2 unspecified atom stereocenters. The Morgan fingerprint density at radius 2 is 1.79 bits per heavy atom. The van der Waals surface area contributed by atoms with Crippen LogP contribution in [0.5, 0.6) is 0 Å². The largest absolute Gasteiger partial charge is 0.449 e. The summed E-state index contributed by atoms with van der Waals surface area (Å²) in [6.07, 6.45) is -3.63. The molecule has 2 atom stereocenters. The van der Waals surface area contributed by atoms with Crippen molar-refractivity contribution in [1.29, 1.82) is 0 Å². The molecular formula is C23H24N4O6. The van der Waals surface area contributed by atoms with E-state index < -0.39 is 29.0 Å². The first-order valence-electron chi connectivity index (χ1n) is 10.5. The van der Waals surface area contributed by atoms with Crippen LogP contribution in [0.1, 0.15) is 41.1 Å². The number of alkyl carbamates (subject to hydrolysis) is 1. The number of imidazole rings is 1. The number of nitrogens with zero attached hydrogens (tertiary/aromatic N) is 2. The number of hydrogen-bond donors (Lipinski definition) is 4. The SMILES string of the molecule is Cc1nc(C(O)C(O)CCNC(=O)OCC2c3ccccc3-c3ccccc32)c([N+](=O)[O-])[nH]1. The third-order valence-electron chi connectivity index (χ3n) is 5.71. The number of benzene rings is 2. The van der Waals surface area contributed by atoms with Gasteiger partial charge in [-0.2, -0.15) is 0 Å². The lowest BCUT2D eigenvalue weighted by molar-refractivity contribution is -0.390. The van der Waals surface area contributed by atoms with E-state index in [9.17, 15) is 25.1 Å². The van der Waals surface area contributed by atoms with Crippen LogP contribution in [0.2, 0.25) is 0 Å². The van der Waals surface area contributed by atoms with Crippen LogP contribution in [0.4, 0.5) is 10.6 Å². The normalized spacial score (nSPS) is 14.3. The zero-order valence-electron chi connectivity index (χ0n) is 17.9. The molecule has 33 heavy (non-hydrogen) atoms. The zero-order chi connectivity index (χ0) is 23.5. The van der Waals surface area contributed by atoms with Gasteiger partial charge in [-0.25, -0.2) is 14.8 Å². The van der Waals surface area contributed by atoms with Gasteiger partial charge in [0.25, 0.3) is 0 Å². The Morgan fingerprint density at radius 1 is 1.18 bits per heavy atom. The summed E-state index contributed by atoms with van der Waals surface area (Å²) >= 11 is 0. The van der Waals surface area contributed by atoms with E-state index in [1.807, 2.05) is 48.5 Å².